The molecule has 0 unspecified atom stereocenters. The van der Waals surface area contributed by atoms with Crippen LogP contribution in [0.5, 0.6) is 0 Å². The highest BCUT2D eigenvalue weighted by Crippen LogP contribution is 2.20. The Hall–Kier alpha value is -0.0400. The molecular formula is C10H22O. The lowest BCUT2D eigenvalue weighted by Crippen LogP contribution is -2.20. The summed E-state index contributed by atoms with van der Waals surface area (Å²) in [5.41, 5.74) is -0.483. The summed E-state index contributed by atoms with van der Waals surface area (Å²) in [5, 5.41) is 9.45. The highest BCUT2D eigenvalue weighted by molar-refractivity contribution is 4.68. The number of aliphatic hydroxyl groups is 1. The first kappa shape index (κ1) is 11.0. The lowest BCUT2D eigenvalue weighted by molar-refractivity contribution is 0.0620. The van der Waals surface area contributed by atoms with Gasteiger partial charge in [-0.15, -0.1) is 0 Å². The molecule has 68 valence electrons. The van der Waals surface area contributed by atoms with Crippen molar-refractivity contribution in [2.75, 3.05) is 0 Å². The van der Waals surface area contributed by atoms with Crippen LogP contribution in [0.3, 0.4) is 0 Å². The SMILES string of the molecule is CC(C)[C@H](C)CCC(C)(C)O. The largest absolute Gasteiger partial charge is 0.390 e. The molecule has 0 fully saturated rings. The van der Waals surface area contributed by atoms with E-state index in [1.54, 1.807) is 0 Å². The lowest BCUT2D eigenvalue weighted by atomic mass is 9.89. The number of hydrogen-bond acceptors (Lipinski definition) is 1. The quantitative estimate of drug-likeness (QED) is 0.667. The van der Waals surface area contributed by atoms with Crippen LogP contribution in [-0.2, 0) is 0 Å². The fraction of sp³-hybridized carbons (Fsp3) is 1.00. The van der Waals surface area contributed by atoms with Crippen molar-refractivity contribution in [3.05, 3.63) is 0 Å². The van der Waals surface area contributed by atoms with Gasteiger partial charge < -0.3 is 5.11 Å². The standard InChI is InChI=1S/C10H22O/c1-8(2)9(3)6-7-10(4,5)11/h8-9,11H,6-7H2,1-5H3/t9-/m1/s1. The lowest BCUT2D eigenvalue weighted by Gasteiger charge is -2.21. The van der Waals surface area contributed by atoms with Crippen molar-refractivity contribution >= 4 is 0 Å². The summed E-state index contributed by atoms with van der Waals surface area (Å²) < 4.78 is 0. The van der Waals surface area contributed by atoms with E-state index in [0.29, 0.717) is 0 Å². The summed E-state index contributed by atoms with van der Waals surface area (Å²) in [5.74, 6) is 1.46. The fourth-order valence-corrected chi connectivity index (χ4v) is 0.914. The molecule has 0 bridgehead atoms. The van der Waals surface area contributed by atoms with Crippen molar-refractivity contribution in [3.63, 3.8) is 0 Å². The van der Waals surface area contributed by atoms with E-state index in [4.69, 9.17) is 0 Å². The molecule has 0 rings (SSSR count). The highest BCUT2D eigenvalue weighted by Gasteiger charge is 2.15. The summed E-state index contributed by atoms with van der Waals surface area (Å²) in [6.07, 6.45) is 2.04. The van der Waals surface area contributed by atoms with Crippen molar-refractivity contribution in [2.24, 2.45) is 11.8 Å². The summed E-state index contributed by atoms with van der Waals surface area (Å²) in [7, 11) is 0. The molecule has 1 N–H and O–H groups in total. The van der Waals surface area contributed by atoms with Crippen LogP contribution in [0.2, 0.25) is 0 Å². The third-order valence-electron chi connectivity index (χ3n) is 2.35. The average molecular weight is 158 g/mol. The van der Waals surface area contributed by atoms with Gasteiger partial charge in [-0.2, -0.15) is 0 Å². The fourth-order valence-electron chi connectivity index (χ4n) is 0.914. The predicted octanol–water partition coefficient (Wildman–Crippen LogP) is 2.83. The first-order chi connectivity index (χ1) is 4.83. The van der Waals surface area contributed by atoms with E-state index in [1.807, 2.05) is 13.8 Å². The molecule has 0 aromatic heterocycles. The van der Waals surface area contributed by atoms with Gasteiger partial charge in [-0.1, -0.05) is 20.8 Å². The second kappa shape index (κ2) is 4.10. The molecule has 0 aliphatic carbocycles. The van der Waals surface area contributed by atoms with Gasteiger partial charge in [0, 0.05) is 0 Å². The molecule has 0 aromatic carbocycles. The third-order valence-corrected chi connectivity index (χ3v) is 2.35. The van der Waals surface area contributed by atoms with Crippen molar-refractivity contribution in [3.8, 4) is 0 Å². The predicted molar refractivity (Wildman–Crippen MR) is 49.5 cm³/mol. The van der Waals surface area contributed by atoms with Gasteiger partial charge in [-0.3, -0.25) is 0 Å². The number of rotatable bonds is 4. The molecule has 0 amide bonds. The van der Waals surface area contributed by atoms with E-state index in [2.05, 4.69) is 20.8 Å². The molecule has 0 saturated heterocycles. The van der Waals surface area contributed by atoms with Crippen LogP contribution in [0, 0.1) is 11.8 Å². The minimum absolute atomic E-state index is 0.483. The Balaban J connectivity index is 3.54. The molecule has 11 heavy (non-hydrogen) atoms. The van der Waals surface area contributed by atoms with E-state index in [1.165, 1.54) is 0 Å². The summed E-state index contributed by atoms with van der Waals surface area (Å²) in [4.78, 5) is 0. The maximum atomic E-state index is 9.45. The van der Waals surface area contributed by atoms with Crippen LogP contribution < -0.4 is 0 Å². The molecule has 0 spiro atoms. The van der Waals surface area contributed by atoms with E-state index in [0.717, 1.165) is 24.7 Å². The van der Waals surface area contributed by atoms with Crippen molar-refractivity contribution < 1.29 is 5.11 Å². The molecule has 0 saturated carbocycles. The second-order valence-corrected chi connectivity index (χ2v) is 4.57. The van der Waals surface area contributed by atoms with Gasteiger partial charge in [0.2, 0.25) is 0 Å². The normalized spacial score (nSPS) is 15.5. The van der Waals surface area contributed by atoms with Crippen LogP contribution in [0.4, 0.5) is 0 Å². The van der Waals surface area contributed by atoms with Crippen molar-refractivity contribution in [1.29, 1.82) is 0 Å². The molecule has 0 heterocycles. The van der Waals surface area contributed by atoms with Crippen LogP contribution in [0.15, 0.2) is 0 Å². The van der Waals surface area contributed by atoms with Gasteiger partial charge in [0.1, 0.15) is 0 Å². The summed E-state index contributed by atoms with van der Waals surface area (Å²) >= 11 is 0. The molecule has 1 heteroatoms. The van der Waals surface area contributed by atoms with Gasteiger partial charge in [0.05, 0.1) is 5.60 Å². The van der Waals surface area contributed by atoms with Crippen LogP contribution in [0.1, 0.15) is 47.5 Å². The zero-order valence-electron chi connectivity index (χ0n) is 8.52. The Morgan fingerprint density at radius 1 is 1.18 bits per heavy atom. The molecule has 0 aliphatic heterocycles. The van der Waals surface area contributed by atoms with E-state index >= 15 is 0 Å². The Kier molecular flexibility index (Phi) is 4.09. The molecule has 1 atom stereocenters. The van der Waals surface area contributed by atoms with E-state index < -0.39 is 5.60 Å². The molecule has 0 aromatic rings. The molecule has 1 nitrogen and oxygen atoms in total. The molecule has 0 aliphatic rings. The van der Waals surface area contributed by atoms with Crippen LogP contribution >= 0.6 is 0 Å². The Morgan fingerprint density at radius 2 is 1.64 bits per heavy atom. The minimum atomic E-state index is -0.483. The minimum Gasteiger partial charge on any atom is -0.390 e. The topological polar surface area (TPSA) is 20.2 Å². The Bertz CT molecular complexity index is 99.9. The van der Waals surface area contributed by atoms with Crippen molar-refractivity contribution in [1.82, 2.24) is 0 Å². The first-order valence-corrected chi connectivity index (χ1v) is 4.55. The molecule has 0 radical (unpaired) electrons. The van der Waals surface area contributed by atoms with Gasteiger partial charge in [-0.25, -0.2) is 0 Å². The maximum absolute atomic E-state index is 9.45. The highest BCUT2D eigenvalue weighted by atomic mass is 16.3. The van der Waals surface area contributed by atoms with E-state index in [-0.39, 0.29) is 0 Å². The van der Waals surface area contributed by atoms with Gasteiger partial charge >= 0.3 is 0 Å². The Morgan fingerprint density at radius 3 is 1.91 bits per heavy atom. The average Bonchev–Trinajstić information content (AvgIpc) is 1.80. The van der Waals surface area contributed by atoms with Crippen LogP contribution in [0.25, 0.3) is 0 Å². The first-order valence-electron chi connectivity index (χ1n) is 4.55. The van der Waals surface area contributed by atoms with Crippen molar-refractivity contribution in [2.45, 2.75) is 53.1 Å². The van der Waals surface area contributed by atoms with Gasteiger partial charge in [0.15, 0.2) is 0 Å². The zero-order valence-corrected chi connectivity index (χ0v) is 8.52. The maximum Gasteiger partial charge on any atom is 0.0591 e. The third kappa shape index (κ3) is 6.36. The summed E-state index contributed by atoms with van der Waals surface area (Å²) in [6, 6.07) is 0. The zero-order chi connectivity index (χ0) is 9.07. The van der Waals surface area contributed by atoms with Gasteiger partial charge in [0.25, 0.3) is 0 Å². The monoisotopic (exact) mass is 158 g/mol. The smallest absolute Gasteiger partial charge is 0.0591 e. The van der Waals surface area contributed by atoms with Gasteiger partial charge in [-0.05, 0) is 38.5 Å². The van der Waals surface area contributed by atoms with E-state index in [9.17, 15) is 5.11 Å². The number of hydrogen-bond donors (Lipinski definition) is 1. The molecular weight excluding hydrogens is 136 g/mol. The Labute approximate surface area is 70.8 Å². The van der Waals surface area contributed by atoms with Crippen LogP contribution in [-0.4, -0.2) is 10.7 Å². The summed E-state index contributed by atoms with van der Waals surface area (Å²) in [6.45, 7) is 10.5. The second-order valence-electron chi connectivity index (χ2n) is 4.57.